The molecule has 2 nitrogen and oxygen atoms in total. The van der Waals surface area contributed by atoms with Crippen molar-refractivity contribution in [2.45, 2.75) is 12.0 Å². The molecular formula is C15H13ClF3NO. The van der Waals surface area contributed by atoms with Gasteiger partial charge in [-0.05, 0) is 29.8 Å². The summed E-state index contributed by atoms with van der Waals surface area (Å²) in [5, 5.41) is 10.5. The van der Waals surface area contributed by atoms with Crippen molar-refractivity contribution in [2.24, 2.45) is 5.73 Å². The molecule has 0 amide bonds. The maximum Gasteiger partial charge on any atom is 0.129 e. The second-order valence-electron chi connectivity index (χ2n) is 4.62. The summed E-state index contributed by atoms with van der Waals surface area (Å²) in [5.41, 5.74) is 5.50. The molecule has 2 unspecified atom stereocenters. The van der Waals surface area contributed by atoms with Gasteiger partial charge < -0.3 is 10.8 Å². The molecule has 0 aliphatic rings. The van der Waals surface area contributed by atoms with E-state index in [2.05, 4.69) is 0 Å². The number of halogens is 4. The van der Waals surface area contributed by atoms with Crippen LogP contribution < -0.4 is 5.73 Å². The molecule has 0 aliphatic carbocycles. The van der Waals surface area contributed by atoms with Gasteiger partial charge in [-0.1, -0.05) is 17.7 Å². The summed E-state index contributed by atoms with van der Waals surface area (Å²) >= 11 is 5.77. The molecule has 0 aromatic heterocycles. The maximum atomic E-state index is 13.8. The van der Waals surface area contributed by atoms with Gasteiger partial charge in [0.25, 0.3) is 0 Å². The van der Waals surface area contributed by atoms with E-state index >= 15 is 0 Å². The molecule has 2 aromatic carbocycles. The first kappa shape index (κ1) is 15.8. The molecule has 21 heavy (non-hydrogen) atoms. The molecule has 3 N–H and O–H groups in total. The normalized spacial score (nSPS) is 14.0. The Morgan fingerprint density at radius 3 is 2.33 bits per heavy atom. The zero-order chi connectivity index (χ0) is 15.6. The van der Waals surface area contributed by atoms with Crippen molar-refractivity contribution in [3.05, 3.63) is 70.0 Å². The van der Waals surface area contributed by atoms with E-state index in [0.717, 1.165) is 12.1 Å². The molecule has 0 spiro atoms. The summed E-state index contributed by atoms with van der Waals surface area (Å²) in [5.74, 6) is -3.17. The first-order chi connectivity index (χ1) is 9.93. The summed E-state index contributed by atoms with van der Waals surface area (Å²) in [6.07, 6.45) is -1.39. The summed E-state index contributed by atoms with van der Waals surface area (Å²) in [6.45, 7) is -0.143. The quantitative estimate of drug-likeness (QED) is 0.906. The van der Waals surface area contributed by atoms with Gasteiger partial charge in [-0.3, -0.25) is 0 Å². The van der Waals surface area contributed by atoms with Gasteiger partial charge in [-0.25, -0.2) is 13.2 Å². The molecule has 2 rings (SSSR count). The Labute approximate surface area is 125 Å². The number of aliphatic hydroxyl groups is 1. The van der Waals surface area contributed by atoms with E-state index in [1.54, 1.807) is 0 Å². The van der Waals surface area contributed by atoms with E-state index in [1.165, 1.54) is 18.2 Å². The van der Waals surface area contributed by atoms with E-state index in [4.69, 9.17) is 17.3 Å². The highest BCUT2D eigenvalue weighted by Gasteiger charge is 2.26. The first-order valence-corrected chi connectivity index (χ1v) is 6.60. The highest BCUT2D eigenvalue weighted by Crippen LogP contribution is 2.34. The van der Waals surface area contributed by atoms with Crippen molar-refractivity contribution < 1.29 is 18.3 Å². The largest absolute Gasteiger partial charge is 0.388 e. The highest BCUT2D eigenvalue weighted by atomic mass is 35.5. The van der Waals surface area contributed by atoms with Gasteiger partial charge in [0.15, 0.2) is 0 Å². The van der Waals surface area contributed by atoms with Crippen LogP contribution in [0.5, 0.6) is 0 Å². The van der Waals surface area contributed by atoms with E-state index in [9.17, 15) is 18.3 Å². The van der Waals surface area contributed by atoms with Crippen LogP contribution in [0.25, 0.3) is 0 Å². The van der Waals surface area contributed by atoms with Crippen LogP contribution in [-0.2, 0) is 0 Å². The minimum absolute atomic E-state index is 0.0192. The fourth-order valence-electron chi connectivity index (χ4n) is 2.19. The molecular weight excluding hydrogens is 303 g/mol. The van der Waals surface area contributed by atoms with Crippen LogP contribution >= 0.6 is 11.6 Å². The lowest BCUT2D eigenvalue weighted by atomic mass is 9.88. The van der Waals surface area contributed by atoms with Crippen LogP contribution in [0.2, 0.25) is 5.02 Å². The predicted molar refractivity (Wildman–Crippen MR) is 74.5 cm³/mol. The van der Waals surface area contributed by atoms with Crippen molar-refractivity contribution in [1.82, 2.24) is 0 Å². The zero-order valence-electron chi connectivity index (χ0n) is 10.9. The smallest absolute Gasteiger partial charge is 0.129 e. The Bertz CT molecular complexity index is 651. The average molecular weight is 316 g/mol. The molecule has 112 valence electrons. The topological polar surface area (TPSA) is 46.2 Å². The molecule has 0 saturated carbocycles. The van der Waals surface area contributed by atoms with Crippen molar-refractivity contribution >= 4 is 11.6 Å². The fourth-order valence-corrected chi connectivity index (χ4v) is 2.37. The number of hydrogen-bond donors (Lipinski definition) is 2. The van der Waals surface area contributed by atoms with Crippen molar-refractivity contribution in [2.75, 3.05) is 6.54 Å². The van der Waals surface area contributed by atoms with Crippen LogP contribution in [0.15, 0.2) is 36.4 Å². The summed E-state index contributed by atoms with van der Waals surface area (Å²) in [7, 11) is 0. The lowest BCUT2D eigenvalue weighted by Crippen LogP contribution is -2.22. The molecule has 0 fully saturated rings. The van der Waals surface area contributed by atoms with Gasteiger partial charge in [-0.15, -0.1) is 0 Å². The van der Waals surface area contributed by atoms with Crippen molar-refractivity contribution in [3.63, 3.8) is 0 Å². The lowest BCUT2D eigenvalue weighted by Gasteiger charge is -2.23. The molecule has 6 heteroatoms. The highest BCUT2D eigenvalue weighted by molar-refractivity contribution is 6.30. The second-order valence-corrected chi connectivity index (χ2v) is 5.06. The first-order valence-electron chi connectivity index (χ1n) is 6.22. The summed E-state index contributed by atoms with van der Waals surface area (Å²) < 4.78 is 40.5. The summed E-state index contributed by atoms with van der Waals surface area (Å²) in [4.78, 5) is 0. The zero-order valence-corrected chi connectivity index (χ0v) is 11.6. The molecule has 0 radical (unpaired) electrons. The van der Waals surface area contributed by atoms with Crippen LogP contribution in [0.4, 0.5) is 13.2 Å². The van der Waals surface area contributed by atoms with Gasteiger partial charge in [0, 0.05) is 29.1 Å². The minimum Gasteiger partial charge on any atom is -0.388 e. The van der Waals surface area contributed by atoms with E-state index in [1.807, 2.05) is 0 Å². The predicted octanol–water partition coefficient (Wildman–Crippen LogP) is 3.53. The number of rotatable bonds is 4. The van der Waals surface area contributed by atoms with Crippen LogP contribution in [0.1, 0.15) is 23.1 Å². The van der Waals surface area contributed by atoms with Crippen LogP contribution in [0, 0.1) is 17.5 Å². The van der Waals surface area contributed by atoms with E-state index in [-0.39, 0.29) is 22.7 Å². The second kappa shape index (κ2) is 6.47. The number of aliphatic hydroxyl groups excluding tert-OH is 1. The molecule has 0 heterocycles. The Morgan fingerprint density at radius 2 is 1.71 bits per heavy atom. The van der Waals surface area contributed by atoms with E-state index in [0.29, 0.717) is 6.07 Å². The summed E-state index contributed by atoms with van der Waals surface area (Å²) in [6, 6.07) is 6.64. The Morgan fingerprint density at radius 1 is 1.00 bits per heavy atom. The number of hydrogen-bond acceptors (Lipinski definition) is 2. The monoisotopic (exact) mass is 315 g/mol. The van der Waals surface area contributed by atoms with Gasteiger partial charge >= 0.3 is 0 Å². The van der Waals surface area contributed by atoms with Crippen molar-refractivity contribution in [3.8, 4) is 0 Å². The fraction of sp³-hybridized carbons (Fsp3) is 0.200. The third-order valence-electron chi connectivity index (χ3n) is 3.27. The van der Waals surface area contributed by atoms with E-state index < -0.39 is 29.5 Å². The standard InChI is InChI=1S/C15H13ClF3NO/c16-8-1-4-13(18)11(5-8)15(21)12(7-20)10-3-2-9(17)6-14(10)19/h1-6,12,15,21H,7,20H2. The number of benzene rings is 2. The Hall–Kier alpha value is -1.56. The molecule has 2 atom stereocenters. The minimum atomic E-state index is -1.39. The Balaban J connectivity index is 2.43. The van der Waals surface area contributed by atoms with Gasteiger partial charge in [0.05, 0.1) is 6.10 Å². The Kier molecular flexibility index (Phi) is 4.88. The SMILES string of the molecule is NCC(c1ccc(F)cc1F)C(O)c1cc(Cl)ccc1F. The molecule has 0 bridgehead atoms. The molecule has 0 aliphatic heterocycles. The van der Waals surface area contributed by atoms with Crippen LogP contribution in [-0.4, -0.2) is 11.7 Å². The third kappa shape index (κ3) is 3.37. The van der Waals surface area contributed by atoms with Gasteiger partial charge in [0.1, 0.15) is 17.5 Å². The van der Waals surface area contributed by atoms with Crippen LogP contribution in [0.3, 0.4) is 0 Å². The third-order valence-corrected chi connectivity index (χ3v) is 3.51. The number of nitrogens with two attached hydrogens (primary N) is 1. The van der Waals surface area contributed by atoms with Gasteiger partial charge in [-0.2, -0.15) is 0 Å². The molecule has 2 aromatic rings. The van der Waals surface area contributed by atoms with Crippen molar-refractivity contribution in [1.29, 1.82) is 0 Å². The average Bonchev–Trinajstić information content (AvgIpc) is 2.44. The lowest BCUT2D eigenvalue weighted by molar-refractivity contribution is 0.141. The maximum absolute atomic E-state index is 13.8. The molecule has 0 saturated heterocycles. The van der Waals surface area contributed by atoms with Gasteiger partial charge in [0.2, 0.25) is 0 Å².